The molecular formula is C27H46O4. The Labute approximate surface area is 189 Å². The number of ether oxygens (including phenoxy) is 1. The second kappa shape index (κ2) is 9.08. The molecule has 4 heteroatoms. The summed E-state index contributed by atoms with van der Waals surface area (Å²) in [6.07, 6.45) is 9.88. The highest BCUT2D eigenvalue weighted by molar-refractivity contribution is 5.14. The van der Waals surface area contributed by atoms with Crippen molar-refractivity contribution in [3.63, 3.8) is 0 Å². The molecule has 4 fully saturated rings. The number of aliphatic hydroxyl groups is 3. The average Bonchev–Trinajstić information content (AvgIpc) is 3.08. The molecule has 0 amide bonds. The Bertz CT molecular complexity index is 637. The van der Waals surface area contributed by atoms with Crippen LogP contribution in [0.4, 0.5) is 0 Å². The summed E-state index contributed by atoms with van der Waals surface area (Å²) in [5, 5.41) is 33.2. The molecule has 0 spiro atoms. The fourth-order valence-electron chi connectivity index (χ4n) is 9.01. The molecule has 0 aromatic carbocycles. The molecule has 0 aliphatic heterocycles. The van der Waals surface area contributed by atoms with Crippen LogP contribution in [0.5, 0.6) is 0 Å². The van der Waals surface area contributed by atoms with Crippen LogP contribution in [0.1, 0.15) is 78.6 Å². The SMILES string of the molecule is C=CCOCCC[C@@H](C)[C@H]1CC[C@H]2[C@@H]3[C@H](O)C[C@@H]4C[C@H](O)CC[C@]4(C)[C@H]3C[C@H](O)[C@]12C. The minimum absolute atomic E-state index is 0.0963. The summed E-state index contributed by atoms with van der Waals surface area (Å²) in [7, 11) is 0. The topological polar surface area (TPSA) is 69.9 Å². The third-order valence-electron chi connectivity index (χ3n) is 10.7. The van der Waals surface area contributed by atoms with Gasteiger partial charge >= 0.3 is 0 Å². The van der Waals surface area contributed by atoms with Gasteiger partial charge in [-0.05, 0) is 104 Å². The standard InChI is InChI=1S/C27H46O4/c1-5-12-31-13-6-7-17(2)20-8-9-21-25-22(16-24(30)27(20,21)4)26(3)11-10-19(28)14-18(26)15-23(25)29/h5,17-25,28-30H,1,6-16H2,2-4H3/t17-,18+,19-,20-,21+,22+,23-,24+,25+,26+,27-/m1/s1. The Morgan fingerprint density at radius 2 is 1.84 bits per heavy atom. The number of hydrogen-bond donors (Lipinski definition) is 3. The van der Waals surface area contributed by atoms with E-state index in [9.17, 15) is 15.3 Å². The van der Waals surface area contributed by atoms with Gasteiger partial charge in [0, 0.05) is 6.61 Å². The first-order valence-electron chi connectivity index (χ1n) is 13.0. The molecule has 0 aromatic rings. The zero-order chi connectivity index (χ0) is 22.4. The normalized spacial score (nSPS) is 50.3. The van der Waals surface area contributed by atoms with E-state index in [1.807, 2.05) is 0 Å². The minimum atomic E-state index is -0.291. The zero-order valence-electron chi connectivity index (χ0n) is 20.0. The third kappa shape index (κ3) is 3.94. The first-order chi connectivity index (χ1) is 14.7. The molecule has 0 saturated heterocycles. The molecule has 4 nitrogen and oxygen atoms in total. The first kappa shape index (κ1) is 23.7. The summed E-state index contributed by atoms with van der Waals surface area (Å²) in [5.41, 5.74) is 0.0541. The summed E-state index contributed by atoms with van der Waals surface area (Å²) in [5.74, 6) is 2.54. The maximum atomic E-state index is 11.6. The van der Waals surface area contributed by atoms with Gasteiger partial charge in [-0.2, -0.15) is 0 Å². The van der Waals surface area contributed by atoms with Gasteiger partial charge in [-0.25, -0.2) is 0 Å². The number of aliphatic hydroxyl groups excluding tert-OH is 3. The van der Waals surface area contributed by atoms with E-state index in [2.05, 4.69) is 27.4 Å². The van der Waals surface area contributed by atoms with Gasteiger partial charge in [0.05, 0.1) is 24.9 Å². The van der Waals surface area contributed by atoms with Gasteiger partial charge in [0.1, 0.15) is 0 Å². The van der Waals surface area contributed by atoms with Crippen molar-refractivity contribution in [1.29, 1.82) is 0 Å². The van der Waals surface area contributed by atoms with Gasteiger partial charge in [0.15, 0.2) is 0 Å². The maximum Gasteiger partial charge on any atom is 0.0644 e. The lowest BCUT2D eigenvalue weighted by atomic mass is 9.43. The number of fused-ring (bicyclic) bond motifs is 5. The van der Waals surface area contributed by atoms with Crippen molar-refractivity contribution in [1.82, 2.24) is 0 Å². The van der Waals surface area contributed by atoms with E-state index in [1.165, 1.54) is 6.42 Å². The first-order valence-corrected chi connectivity index (χ1v) is 13.0. The van der Waals surface area contributed by atoms with Crippen molar-refractivity contribution >= 4 is 0 Å². The number of hydrogen-bond acceptors (Lipinski definition) is 4. The molecule has 0 aromatic heterocycles. The van der Waals surface area contributed by atoms with Crippen molar-refractivity contribution in [2.75, 3.05) is 13.2 Å². The van der Waals surface area contributed by atoms with Crippen LogP contribution in [0.3, 0.4) is 0 Å². The Hall–Kier alpha value is -0.420. The molecular weight excluding hydrogens is 388 g/mol. The highest BCUT2D eigenvalue weighted by Crippen LogP contribution is 2.68. The van der Waals surface area contributed by atoms with Crippen LogP contribution in [0, 0.1) is 46.3 Å². The average molecular weight is 435 g/mol. The molecule has 4 aliphatic rings. The molecule has 0 bridgehead atoms. The molecule has 11 atom stereocenters. The van der Waals surface area contributed by atoms with Gasteiger partial charge in [-0.1, -0.05) is 26.8 Å². The Morgan fingerprint density at radius 1 is 1.06 bits per heavy atom. The lowest BCUT2D eigenvalue weighted by Crippen LogP contribution is -2.62. The van der Waals surface area contributed by atoms with E-state index >= 15 is 0 Å². The molecule has 4 saturated carbocycles. The van der Waals surface area contributed by atoms with E-state index in [4.69, 9.17) is 4.74 Å². The van der Waals surface area contributed by atoms with Crippen LogP contribution in [-0.2, 0) is 4.74 Å². The van der Waals surface area contributed by atoms with Gasteiger partial charge in [0.25, 0.3) is 0 Å². The molecule has 3 N–H and O–H groups in total. The van der Waals surface area contributed by atoms with Crippen molar-refractivity contribution in [2.24, 2.45) is 46.3 Å². The second-order valence-electron chi connectivity index (χ2n) is 12.0. The molecule has 178 valence electrons. The Morgan fingerprint density at radius 3 is 2.58 bits per heavy atom. The van der Waals surface area contributed by atoms with Gasteiger partial charge in [-0.15, -0.1) is 6.58 Å². The quantitative estimate of drug-likeness (QED) is 0.406. The minimum Gasteiger partial charge on any atom is -0.393 e. The smallest absolute Gasteiger partial charge is 0.0644 e. The molecule has 0 radical (unpaired) electrons. The zero-order valence-corrected chi connectivity index (χ0v) is 20.0. The predicted molar refractivity (Wildman–Crippen MR) is 123 cm³/mol. The predicted octanol–water partition coefficient (Wildman–Crippen LogP) is 4.57. The second-order valence-corrected chi connectivity index (χ2v) is 12.0. The van der Waals surface area contributed by atoms with Crippen LogP contribution < -0.4 is 0 Å². The van der Waals surface area contributed by atoms with Crippen molar-refractivity contribution < 1.29 is 20.1 Å². The van der Waals surface area contributed by atoms with Crippen molar-refractivity contribution in [2.45, 2.75) is 96.9 Å². The summed E-state index contributed by atoms with van der Waals surface area (Å²) >= 11 is 0. The van der Waals surface area contributed by atoms with Crippen LogP contribution in [0.15, 0.2) is 12.7 Å². The summed E-state index contributed by atoms with van der Waals surface area (Å²) < 4.78 is 5.58. The summed E-state index contributed by atoms with van der Waals surface area (Å²) in [4.78, 5) is 0. The van der Waals surface area contributed by atoms with Crippen molar-refractivity contribution in [3.05, 3.63) is 12.7 Å². The van der Waals surface area contributed by atoms with Crippen LogP contribution in [0.25, 0.3) is 0 Å². The van der Waals surface area contributed by atoms with E-state index in [0.29, 0.717) is 42.1 Å². The maximum absolute atomic E-state index is 11.6. The van der Waals surface area contributed by atoms with E-state index < -0.39 is 0 Å². The molecule has 4 rings (SSSR count). The Balaban J connectivity index is 1.50. The Kier molecular flexibility index (Phi) is 6.95. The van der Waals surface area contributed by atoms with Gasteiger partial charge in [-0.3, -0.25) is 0 Å². The fourth-order valence-corrected chi connectivity index (χ4v) is 9.01. The lowest BCUT2D eigenvalue weighted by molar-refractivity contribution is -0.207. The summed E-state index contributed by atoms with van der Waals surface area (Å²) in [6, 6.07) is 0. The summed E-state index contributed by atoms with van der Waals surface area (Å²) in [6.45, 7) is 12.2. The molecule has 31 heavy (non-hydrogen) atoms. The molecule has 0 unspecified atom stereocenters. The van der Waals surface area contributed by atoms with E-state index in [1.54, 1.807) is 6.08 Å². The monoisotopic (exact) mass is 434 g/mol. The highest BCUT2D eigenvalue weighted by atomic mass is 16.5. The van der Waals surface area contributed by atoms with Gasteiger partial charge < -0.3 is 20.1 Å². The van der Waals surface area contributed by atoms with Crippen LogP contribution in [0.2, 0.25) is 0 Å². The van der Waals surface area contributed by atoms with Crippen LogP contribution in [-0.4, -0.2) is 46.8 Å². The fraction of sp³-hybridized carbons (Fsp3) is 0.926. The van der Waals surface area contributed by atoms with E-state index in [-0.39, 0.29) is 29.1 Å². The molecule has 0 heterocycles. The number of rotatable bonds is 7. The lowest BCUT2D eigenvalue weighted by Gasteiger charge is -2.63. The van der Waals surface area contributed by atoms with Gasteiger partial charge in [0.2, 0.25) is 0 Å². The van der Waals surface area contributed by atoms with E-state index in [0.717, 1.165) is 58.0 Å². The van der Waals surface area contributed by atoms with Crippen LogP contribution >= 0.6 is 0 Å². The third-order valence-corrected chi connectivity index (χ3v) is 10.7. The molecule has 4 aliphatic carbocycles. The highest BCUT2D eigenvalue weighted by Gasteiger charge is 2.65. The largest absolute Gasteiger partial charge is 0.393 e. The van der Waals surface area contributed by atoms with Crippen molar-refractivity contribution in [3.8, 4) is 0 Å².